The predicted octanol–water partition coefficient (Wildman–Crippen LogP) is 4.80. The summed E-state index contributed by atoms with van der Waals surface area (Å²) < 4.78 is 1.76. The molecule has 0 unspecified atom stereocenters. The molecule has 0 aliphatic rings. The van der Waals surface area contributed by atoms with Crippen LogP contribution < -0.4 is 5.56 Å². The fraction of sp³-hybridized carbons (Fsp3) is 0. The molecular formula is C19H12ClNO. The molecule has 0 saturated carbocycles. The van der Waals surface area contributed by atoms with Gasteiger partial charge < -0.3 is 0 Å². The Morgan fingerprint density at radius 2 is 1.45 bits per heavy atom. The number of halogens is 1. The summed E-state index contributed by atoms with van der Waals surface area (Å²) in [6.07, 6.45) is 0. The number of aromatic nitrogens is 1. The Balaban J connectivity index is 2.28. The minimum Gasteiger partial charge on any atom is -0.276 e. The summed E-state index contributed by atoms with van der Waals surface area (Å²) in [5.74, 6) is 0. The highest BCUT2D eigenvalue weighted by Crippen LogP contribution is 2.26. The molecule has 106 valence electrons. The SMILES string of the molecule is O=c1c2ccc(Cl)cc2c2ccccc2n1-c1ccccc1. The molecule has 0 aliphatic carbocycles. The van der Waals surface area contributed by atoms with Crippen LogP contribution in [0.15, 0.2) is 77.6 Å². The summed E-state index contributed by atoms with van der Waals surface area (Å²) in [4.78, 5) is 13.0. The lowest BCUT2D eigenvalue weighted by molar-refractivity contribution is 1.06. The maximum Gasteiger partial charge on any atom is 0.263 e. The fourth-order valence-corrected chi connectivity index (χ4v) is 3.06. The first-order valence-electron chi connectivity index (χ1n) is 7.04. The first kappa shape index (κ1) is 13.1. The summed E-state index contributed by atoms with van der Waals surface area (Å²) in [6, 6.07) is 23.0. The van der Waals surface area contributed by atoms with Gasteiger partial charge in [0.25, 0.3) is 5.56 Å². The Kier molecular flexibility index (Phi) is 2.98. The van der Waals surface area contributed by atoms with Crippen LogP contribution in [0.1, 0.15) is 0 Å². The quantitative estimate of drug-likeness (QED) is 0.463. The number of hydrogen-bond donors (Lipinski definition) is 0. The highest BCUT2D eigenvalue weighted by Gasteiger charge is 2.11. The van der Waals surface area contributed by atoms with Crippen molar-refractivity contribution in [3.8, 4) is 5.69 Å². The molecule has 0 spiro atoms. The number of hydrogen-bond acceptors (Lipinski definition) is 1. The molecule has 4 aromatic rings. The highest BCUT2D eigenvalue weighted by atomic mass is 35.5. The van der Waals surface area contributed by atoms with E-state index in [0.717, 1.165) is 22.0 Å². The topological polar surface area (TPSA) is 22.0 Å². The number of benzene rings is 3. The first-order valence-corrected chi connectivity index (χ1v) is 7.42. The molecule has 0 atom stereocenters. The van der Waals surface area contributed by atoms with Crippen LogP contribution >= 0.6 is 11.6 Å². The minimum atomic E-state index is -0.0310. The molecule has 0 saturated heterocycles. The van der Waals surface area contributed by atoms with Crippen LogP contribution in [-0.2, 0) is 0 Å². The lowest BCUT2D eigenvalue weighted by Gasteiger charge is -2.13. The van der Waals surface area contributed by atoms with Crippen molar-refractivity contribution in [2.45, 2.75) is 0 Å². The molecule has 3 aromatic carbocycles. The maximum atomic E-state index is 13.0. The Bertz CT molecular complexity index is 1050. The van der Waals surface area contributed by atoms with Crippen molar-refractivity contribution >= 4 is 33.3 Å². The second-order valence-electron chi connectivity index (χ2n) is 5.18. The monoisotopic (exact) mass is 305 g/mol. The lowest BCUT2D eigenvalue weighted by atomic mass is 10.1. The number of nitrogens with zero attached hydrogens (tertiary/aromatic N) is 1. The minimum absolute atomic E-state index is 0.0310. The van der Waals surface area contributed by atoms with Gasteiger partial charge in [0.1, 0.15) is 0 Å². The summed E-state index contributed by atoms with van der Waals surface area (Å²) in [5, 5.41) is 3.21. The Morgan fingerprint density at radius 3 is 2.27 bits per heavy atom. The van der Waals surface area contributed by atoms with E-state index in [1.54, 1.807) is 16.7 Å². The summed E-state index contributed by atoms with van der Waals surface area (Å²) in [7, 11) is 0. The van der Waals surface area contributed by atoms with E-state index in [1.165, 1.54) is 0 Å². The van der Waals surface area contributed by atoms with Crippen molar-refractivity contribution in [3.63, 3.8) is 0 Å². The standard InChI is InChI=1S/C19H12ClNO/c20-13-10-11-16-17(12-13)15-8-4-5-9-18(15)21(19(16)22)14-6-2-1-3-7-14/h1-12H. The number of para-hydroxylation sites is 2. The normalized spacial score (nSPS) is 11.1. The van der Waals surface area contributed by atoms with Crippen molar-refractivity contribution in [1.82, 2.24) is 4.57 Å². The van der Waals surface area contributed by atoms with E-state index < -0.39 is 0 Å². The van der Waals surface area contributed by atoms with Gasteiger partial charge in [-0.05, 0) is 41.8 Å². The van der Waals surface area contributed by atoms with Gasteiger partial charge in [-0.2, -0.15) is 0 Å². The summed E-state index contributed by atoms with van der Waals surface area (Å²) >= 11 is 6.12. The third-order valence-electron chi connectivity index (χ3n) is 3.86. The van der Waals surface area contributed by atoms with E-state index in [9.17, 15) is 4.79 Å². The fourth-order valence-electron chi connectivity index (χ4n) is 2.89. The van der Waals surface area contributed by atoms with Crippen LogP contribution in [0.3, 0.4) is 0 Å². The third-order valence-corrected chi connectivity index (χ3v) is 4.10. The molecule has 0 radical (unpaired) electrons. The van der Waals surface area contributed by atoms with Gasteiger partial charge in [0.05, 0.1) is 5.52 Å². The largest absolute Gasteiger partial charge is 0.276 e. The zero-order valence-corrected chi connectivity index (χ0v) is 12.4. The molecule has 0 fully saturated rings. The number of fused-ring (bicyclic) bond motifs is 3. The van der Waals surface area contributed by atoms with Crippen molar-refractivity contribution < 1.29 is 0 Å². The van der Waals surface area contributed by atoms with E-state index in [-0.39, 0.29) is 5.56 Å². The van der Waals surface area contributed by atoms with Crippen molar-refractivity contribution in [2.75, 3.05) is 0 Å². The van der Waals surface area contributed by atoms with Crippen LogP contribution in [0.5, 0.6) is 0 Å². The lowest BCUT2D eigenvalue weighted by Crippen LogP contribution is -2.19. The molecule has 0 amide bonds. The van der Waals surface area contributed by atoms with Gasteiger partial charge in [-0.15, -0.1) is 0 Å². The second kappa shape index (κ2) is 5.00. The highest BCUT2D eigenvalue weighted by molar-refractivity contribution is 6.31. The molecule has 2 nitrogen and oxygen atoms in total. The Morgan fingerprint density at radius 1 is 0.727 bits per heavy atom. The molecular weight excluding hydrogens is 294 g/mol. The summed E-state index contributed by atoms with van der Waals surface area (Å²) in [6.45, 7) is 0. The van der Waals surface area contributed by atoms with Gasteiger partial charge >= 0.3 is 0 Å². The van der Waals surface area contributed by atoms with Gasteiger partial charge in [0.2, 0.25) is 0 Å². The van der Waals surface area contributed by atoms with E-state index >= 15 is 0 Å². The number of rotatable bonds is 1. The molecule has 3 heteroatoms. The Labute approximate surface area is 132 Å². The molecule has 0 aliphatic heterocycles. The molecule has 0 bridgehead atoms. The van der Waals surface area contributed by atoms with Crippen LogP contribution in [0, 0.1) is 0 Å². The molecule has 4 rings (SSSR count). The maximum absolute atomic E-state index is 13.0. The number of pyridine rings is 1. The smallest absolute Gasteiger partial charge is 0.263 e. The van der Waals surface area contributed by atoms with E-state index in [0.29, 0.717) is 10.4 Å². The van der Waals surface area contributed by atoms with Crippen molar-refractivity contribution in [2.24, 2.45) is 0 Å². The van der Waals surface area contributed by atoms with Gasteiger partial charge in [-0.3, -0.25) is 9.36 Å². The predicted molar refractivity (Wildman–Crippen MR) is 92.1 cm³/mol. The first-order chi connectivity index (χ1) is 10.8. The van der Waals surface area contributed by atoms with Crippen LogP contribution in [0.4, 0.5) is 0 Å². The molecule has 22 heavy (non-hydrogen) atoms. The van der Waals surface area contributed by atoms with E-state index in [4.69, 9.17) is 11.6 Å². The zero-order chi connectivity index (χ0) is 15.1. The molecule has 0 N–H and O–H groups in total. The average molecular weight is 306 g/mol. The zero-order valence-electron chi connectivity index (χ0n) is 11.7. The van der Waals surface area contributed by atoms with Crippen LogP contribution in [0.25, 0.3) is 27.4 Å². The second-order valence-corrected chi connectivity index (χ2v) is 5.62. The molecule has 1 heterocycles. The average Bonchev–Trinajstić information content (AvgIpc) is 2.56. The van der Waals surface area contributed by atoms with Crippen LogP contribution in [-0.4, -0.2) is 4.57 Å². The van der Waals surface area contributed by atoms with Gasteiger partial charge in [-0.25, -0.2) is 0 Å². The molecule has 1 aromatic heterocycles. The van der Waals surface area contributed by atoms with Crippen molar-refractivity contribution in [3.05, 3.63) is 88.2 Å². The van der Waals surface area contributed by atoms with Gasteiger partial charge in [0.15, 0.2) is 0 Å². The van der Waals surface area contributed by atoms with E-state index in [2.05, 4.69) is 0 Å². The Hall–Kier alpha value is -2.58. The summed E-state index contributed by atoms with van der Waals surface area (Å²) in [5.41, 5.74) is 1.71. The van der Waals surface area contributed by atoms with Crippen molar-refractivity contribution in [1.29, 1.82) is 0 Å². The van der Waals surface area contributed by atoms with Crippen LogP contribution in [0.2, 0.25) is 5.02 Å². The third kappa shape index (κ3) is 1.92. The van der Waals surface area contributed by atoms with Gasteiger partial charge in [0, 0.05) is 21.5 Å². The van der Waals surface area contributed by atoms with Gasteiger partial charge in [-0.1, -0.05) is 48.0 Å². The van der Waals surface area contributed by atoms with E-state index in [1.807, 2.05) is 60.7 Å².